The molecule has 0 saturated heterocycles. The van der Waals surface area contributed by atoms with Crippen LogP contribution in [0.15, 0.2) is 35.9 Å². The van der Waals surface area contributed by atoms with Gasteiger partial charge in [0.05, 0.1) is 6.54 Å². The Morgan fingerprint density at radius 3 is 2.85 bits per heavy atom. The predicted octanol–water partition coefficient (Wildman–Crippen LogP) is 3.26. The normalized spacial score (nSPS) is 15.4. The van der Waals surface area contributed by atoms with Crippen molar-refractivity contribution >= 4 is 5.91 Å². The standard InChI is InChI=1S/C19H24FN5O/c1-14(15-6-3-2-4-7-15)21-18(26)8-5-13-25-23-19(22-24-25)16-9-11-17(20)12-10-16/h6,9-12,14H,2-5,7-8,13H2,1H3,(H,21,26). The fourth-order valence-electron chi connectivity index (χ4n) is 3.10. The lowest BCUT2D eigenvalue weighted by Crippen LogP contribution is -2.34. The van der Waals surface area contributed by atoms with Gasteiger partial charge in [-0.3, -0.25) is 4.79 Å². The lowest BCUT2D eigenvalue weighted by molar-refractivity contribution is -0.121. The average molecular weight is 357 g/mol. The number of hydrogen-bond acceptors (Lipinski definition) is 4. The fraction of sp³-hybridized carbons (Fsp3) is 0.474. The van der Waals surface area contributed by atoms with Crippen LogP contribution in [0.4, 0.5) is 4.39 Å². The highest BCUT2D eigenvalue weighted by molar-refractivity contribution is 5.76. The van der Waals surface area contributed by atoms with E-state index in [1.165, 1.54) is 35.3 Å². The number of nitrogens with zero attached hydrogens (tertiary/aromatic N) is 4. The van der Waals surface area contributed by atoms with Crippen molar-refractivity contribution in [3.8, 4) is 11.4 Å². The van der Waals surface area contributed by atoms with Crippen molar-refractivity contribution in [2.24, 2.45) is 0 Å². The molecule has 1 aliphatic rings. The Morgan fingerprint density at radius 1 is 1.31 bits per heavy atom. The number of tetrazole rings is 1. The summed E-state index contributed by atoms with van der Waals surface area (Å²) in [5.74, 6) is 0.195. The Labute approximate surface area is 152 Å². The summed E-state index contributed by atoms with van der Waals surface area (Å²) in [7, 11) is 0. The van der Waals surface area contributed by atoms with Crippen LogP contribution in [0, 0.1) is 5.82 Å². The minimum absolute atomic E-state index is 0.0443. The number of benzene rings is 1. The van der Waals surface area contributed by atoms with E-state index in [0.29, 0.717) is 30.8 Å². The molecule has 0 fully saturated rings. The van der Waals surface area contributed by atoms with Crippen molar-refractivity contribution < 1.29 is 9.18 Å². The van der Waals surface area contributed by atoms with E-state index in [1.54, 1.807) is 12.1 Å². The van der Waals surface area contributed by atoms with Crippen LogP contribution in [0.25, 0.3) is 11.4 Å². The van der Waals surface area contributed by atoms with Gasteiger partial charge < -0.3 is 5.32 Å². The lowest BCUT2D eigenvalue weighted by atomic mass is 9.94. The first kappa shape index (κ1) is 18.2. The smallest absolute Gasteiger partial charge is 0.220 e. The molecule has 0 saturated carbocycles. The third-order valence-corrected chi connectivity index (χ3v) is 4.58. The monoisotopic (exact) mass is 357 g/mol. The molecule has 1 amide bonds. The highest BCUT2D eigenvalue weighted by Gasteiger charge is 2.14. The number of halogens is 1. The molecular formula is C19H24FN5O. The summed E-state index contributed by atoms with van der Waals surface area (Å²) in [6, 6.07) is 6.07. The Kier molecular flexibility index (Phi) is 6.09. The van der Waals surface area contributed by atoms with Crippen molar-refractivity contribution in [3.05, 3.63) is 41.7 Å². The van der Waals surface area contributed by atoms with Gasteiger partial charge >= 0.3 is 0 Å². The van der Waals surface area contributed by atoms with Crippen molar-refractivity contribution in [2.75, 3.05) is 0 Å². The van der Waals surface area contributed by atoms with Gasteiger partial charge in [-0.05, 0) is 68.5 Å². The zero-order valence-corrected chi connectivity index (χ0v) is 15.0. The van der Waals surface area contributed by atoms with Crippen molar-refractivity contribution in [1.82, 2.24) is 25.5 Å². The molecule has 1 N–H and O–H groups in total. The number of hydrogen-bond donors (Lipinski definition) is 1. The van der Waals surface area contributed by atoms with Gasteiger partial charge in [0.1, 0.15) is 5.82 Å². The number of allylic oxidation sites excluding steroid dienone is 1. The minimum Gasteiger partial charge on any atom is -0.350 e. The van der Waals surface area contributed by atoms with Crippen molar-refractivity contribution in [1.29, 1.82) is 0 Å². The number of aromatic nitrogens is 4. The third kappa shape index (κ3) is 4.97. The summed E-state index contributed by atoms with van der Waals surface area (Å²) >= 11 is 0. The van der Waals surface area contributed by atoms with E-state index in [4.69, 9.17) is 0 Å². The van der Waals surface area contributed by atoms with Crippen LogP contribution in [0.1, 0.15) is 45.4 Å². The molecule has 1 aliphatic carbocycles. The van der Waals surface area contributed by atoms with E-state index in [0.717, 1.165) is 12.8 Å². The molecule has 7 heteroatoms. The highest BCUT2D eigenvalue weighted by Crippen LogP contribution is 2.20. The van der Waals surface area contributed by atoms with Crippen LogP contribution in [0.5, 0.6) is 0 Å². The number of amides is 1. The van der Waals surface area contributed by atoms with E-state index in [9.17, 15) is 9.18 Å². The maximum absolute atomic E-state index is 13.0. The largest absolute Gasteiger partial charge is 0.350 e. The number of nitrogens with one attached hydrogen (secondary N) is 1. The average Bonchev–Trinajstić information content (AvgIpc) is 3.12. The predicted molar refractivity (Wildman–Crippen MR) is 96.6 cm³/mol. The Hall–Kier alpha value is -2.57. The van der Waals surface area contributed by atoms with Gasteiger partial charge in [0.15, 0.2) is 0 Å². The molecule has 1 unspecified atom stereocenters. The van der Waals surface area contributed by atoms with Crippen LogP contribution in [0.3, 0.4) is 0 Å². The Morgan fingerprint density at radius 2 is 2.12 bits per heavy atom. The summed E-state index contributed by atoms with van der Waals surface area (Å²) in [6.07, 6.45) is 7.96. The second kappa shape index (κ2) is 8.69. The van der Waals surface area contributed by atoms with Crippen LogP contribution in [-0.2, 0) is 11.3 Å². The summed E-state index contributed by atoms with van der Waals surface area (Å²) in [5, 5.41) is 15.3. The summed E-state index contributed by atoms with van der Waals surface area (Å²) in [6.45, 7) is 2.56. The third-order valence-electron chi connectivity index (χ3n) is 4.58. The van der Waals surface area contributed by atoms with Crippen molar-refractivity contribution in [2.45, 2.75) is 58.0 Å². The molecule has 3 rings (SSSR count). The molecule has 0 radical (unpaired) electrons. The fourth-order valence-corrected chi connectivity index (χ4v) is 3.10. The van der Waals surface area contributed by atoms with Crippen LogP contribution in [0.2, 0.25) is 0 Å². The number of rotatable bonds is 7. The topological polar surface area (TPSA) is 72.7 Å². The maximum Gasteiger partial charge on any atom is 0.220 e. The lowest BCUT2D eigenvalue weighted by Gasteiger charge is -2.20. The SMILES string of the molecule is CC(NC(=O)CCCn1nnc(-c2ccc(F)cc2)n1)C1=CCCCC1. The molecule has 0 bridgehead atoms. The first-order valence-corrected chi connectivity index (χ1v) is 9.14. The van der Waals surface area contributed by atoms with Gasteiger partial charge in [0.2, 0.25) is 11.7 Å². The molecule has 26 heavy (non-hydrogen) atoms. The zero-order valence-electron chi connectivity index (χ0n) is 15.0. The second-order valence-electron chi connectivity index (χ2n) is 6.63. The molecule has 1 atom stereocenters. The first-order valence-electron chi connectivity index (χ1n) is 9.14. The summed E-state index contributed by atoms with van der Waals surface area (Å²) in [4.78, 5) is 13.6. The molecule has 6 nitrogen and oxygen atoms in total. The van der Waals surface area contributed by atoms with Crippen LogP contribution < -0.4 is 5.32 Å². The van der Waals surface area contributed by atoms with Crippen LogP contribution in [-0.4, -0.2) is 32.2 Å². The van der Waals surface area contributed by atoms with E-state index < -0.39 is 0 Å². The van der Waals surface area contributed by atoms with Gasteiger partial charge in [0, 0.05) is 18.0 Å². The molecule has 1 heterocycles. The van der Waals surface area contributed by atoms with Gasteiger partial charge in [-0.2, -0.15) is 4.80 Å². The minimum atomic E-state index is -0.301. The Bertz CT molecular complexity index is 768. The Balaban J connectivity index is 1.44. The molecule has 2 aromatic rings. The van der Waals surface area contributed by atoms with E-state index in [2.05, 4.69) is 26.8 Å². The van der Waals surface area contributed by atoms with Crippen LogP contribution >= 0.6 is 0 Å². The summed E-state index contributed by atoms with van der Waals surface area (Å²) in [5.41, 5.74) is 2.05. The molecule has 1 aromatic carbocycles. The van der Waals surface area contributed by atoms with Gasteiger partial charge in [-0.25, -0.2) is 4.39 Å². The molecule has 138 valence electrons. The molecule has 0 aliphatic heterocycles. The molecular weight excluding hydrogens is 333 g/mol. The quantitative estimate of drug-likeness (QED) is 0.772. The van der Waals surface area contributed by atoms with E-state index in [1.807, 2.05) is 6.92 Å². The first-order chi connectivity index (χ1) is 12.6. The summed E-state index contributed by atoms with van der Waals surface area (Å²) < 4.78 is 13.0. The zero-order chi connectivity index (χ0) is 18.4. The van der Waals surface area contributed by atoms with E-state index in [-0.39, 0.29) is 17.8 Å². The van der Waals surface area contributed by atoms with Gasteiger partial charge in [-0.15, -0.1) is 10.2 Å². The molecule has 1 aromatic heterocycles. The number of carbonyl (C=O) groups is 1. The molecule has 0 spiro atoms. The second-order valence-corrected chi connectivity index (χ2v) is 6.63. The van der Waals surface area contributed by atoms with Crippen molar-refractivity contribution in [3.63, 3.8) is 0 Å². The highest BCUT2D eigenvalue weighted by atomic mass is 19.1. The van der Waals surface area contributed by atoms with E-state index >= 15 is 0 Å². The van der Waals surface area contributed by atoms with Gasteiger partial charge in [-0.1, -0.05) is 11.6 Å². The number of carbonyl (C=O) groups excluding carboxylic acids is 1. The maximum atomic E-state index is 13.0. The van der Waals surface area contributed by atoms with Gasteiger partial charge in [0.25, 0.3) is 0 Å². The number of aryl methyl sites for hydroxylation is 1.